The Morgan fingerprint density at radius 3 is 2.00 bits per heavy atom. The van der Waals surface area contributed by atoms with Crippen molar-refractivity contribution in [2.75, 3.05) is 33.4 Å². The van der Waals surface area contributed by atoms with E-state index in [-0.39, 0.29) is 41.3 Å². The molecule has 0 aromatic heterocycles. The van der Waals surface area contributed by atoms with Gasteiger partial charge in [-0.15, -0.1) is 0 Å². The van der Waals surface area contributed by atoms with Crippen LogP contribution in [0.4, 0.5) is 5.69 Å². The lowest BCUT2D eigenvalue weighted by molar-refractivity contribution is -0.384. The number of nitrogens with zero attached hydrogens (tertiary/aromatic N) is 2. The molecule has 0 aliphatic carbocycles. The van der Waals surface area contributed by atoms with Crippen LogP contribution < -0.4 is 17.7 Å². The van der Waals surface area contributed by atoms with E-state index in [0.717, 1.165) is 32.5 Å². The number of dihydropyridines is 1. The van der Waals surface area contributed by atoms with Crippen LogP contribution in [0.2, 0.25) is 0 Å². The van der Waals surface area contributed by atoms with Crippen LogP contribution in [0.25, 0.3) is 0 Å². The van der Waals surface area contributed by atoms with Gasteiger partial charge in [0.2, 0.25) is 0 Å². The minimum absolute atomic E-state index is 0. The summed E-state index contributed by atoms with van der Waals surface area (Å²) in [6, 6.07) is 27.4. The number of hydrogen-bond acceptors (Lipinski definition) is 8. The second-order valence-corrected chi connectivity index (χ2v) is 11.6. The van der Waals surface area contributed by atoms with Crippen molar-refractivity contribution in [3.8, 4) is 0 Å². The molecule has 0 bridgehead atoms. The highest BCUT2D eigenvalue weighted by Gasteiger charge is 2.39. The Labute approximate surface area is 275 Å². The zero-order valence-corrected chi connectivity index (χ0v) is 27.1. The molecule has 3 aromatic carbocycles. The summed E-state index contributed by atoms with van der Waals surface area (Å²) in [6.07, 6.45) is 2.63. The second kappa shape index (κ2) is 15.2. The lowest BCUT2D eigenvalue weighted by Gasteiger charge is -2.43. The van der Waals surface area contributed by atoms with Crippen LogP contribution in [0, 0.1) is 10.1 Å². The molecule has 0 saturated carbocycles. The van der Waals surface area contributed by atoms with E-state index in [0.29, 0.717) is 23.4 Å². The van der Waals surface area contributed by atoms with Crippen LogP contribution in [0.1, 0.15) is 55.7 Å². The molecular formula is C36H39ClN3O6-. The van der Waals surface area contributed by atoms with Gasteiger partial charge in [-0.2, -0.15) is 0 Å². The van der Waals surface area contributed by atoms with Crippen LogP contribution in [-0.4, -0.2) is 55.1 Å². The molecule has 46 heavy (non-hydrogen) atoms. The normalized spacial score (nSPS) is 17.8. The predicted molar refractivity (Wildman–Crippen MR) is 171 cm³/mol. The summed E-state index contributed by atoms with van der Waals surface area (Å²) < 4.78 is 10.8. The number of halogens is 1. The number of carbonyl (C=O) groups is 2. The summed E-state index contributed by atoms with van der Waals surface area (Å²) >= 11 is 0. The van der Waals surface area contributed by atoms with Gasteiger partial charge in [0.15, 0.2) is 0 Å². The lowest BCUT2D eigenvalue weighted by atomic mass is 9.68. The van der Waals surface area contributed by atoms with Crippen molar-refractivity contribution < 1.29 is 36.4 Å². The molecule has 2 aliphatic rings. The molecule has 1 unspecified atom stereocenters. The van der Waals surface area contributed by atoms with E-state index in [9.17, 15) is 19.7 Å². The number of non-ortho nitro benzene ring substituents is 1. The number of nitrogens with one attached hydrogen (secondary N) is 1. The van der Waals surface area contributed by atoms with Crippen molar-refractivity contribution in [1.82, 2.24) is 10.2 Å². The van der Waals surface area contributed by atoms with Gasteiger partial charge in [0, 0.05) is 35.5 Å². The largest absolute Gasteiger partial charge is 1.00 e. The highest BCUT2D eigenvalue weighted by Crippen LogP contribution is 2.42. The Bertz CT molecular complexity index is 1570. The summed E-state index contributed by atoms with van der Waals surface area (Å²) in [4.78, 5) is 39.9. The molecule has 1 saturated heterocycles. The third-order valence-electron chi connectivity index (χ3n) is 9.01. The number of rotatable bonds is 10. The fourth-order valence-electron chi connectivity index (χ4n) is 6.74. The number of likely N-dealkylation sites (tertiary alicyclic amines) is 1. The Kier molecular flexibility index (Phi) is 11.4. The monoisotopic (exact) mass is 644 g/mol. The Morgan fingerprint density at radius 1 is 0.891 bits per heavy atom. The molecule has 0 spiro atoms. The first kappa shape index (κ1) is 34.4. The van der Waals surface area contributed by atoms with E-state index < -0.39 is 22.8 Å². The fraction of sp³-hybridized carbons (Fsp3) is 0.333. The standard InChI is InChI=1S/C36H39N3O6.ClH/c1-25-31(34(40)44-3)33(27-12-10-17-30(24-27)39(42)43)32(26(2)37-25)35(41)45-23-11-20-38-21-18-36(19-22-38,28-13-6-4-7-14-28)29-15-8-5-9-16-29;/h4-10,12-17,24,33,37H,11,18-23H2,1-3H3;1H/p-1. The van der Waals surface area contributed by atoms with Crippen LogP contribution >= 0.6 is 0 Å². The number of ether oxygens (including phenoxy) is 2. The first-order chi connectivity index (χ1) is 21.7. The summed E-state index contributed by atoms with van der Waals surface area (Å²) in [6.45, 7) is 6.28. The number of benzene rings is 3. The van der Waals surface area contributed by atoms with Gasteiger partial charge in [-0.3, -0.25) is 10.1 Å². The highest BCUT2D eigenvalue weighted by molar-refractivity contribution is 5.99. The molecule has 9 nitrogen and oxygen atoms in total. The van der Waals surface area contributed by atoms with E-state index >= 15 is 0 Å². The van der Waals surface area contributed by atoms with E-state index in [1.807, 2.05) is 0 Å². The number of nitro groups is 1. The number of piperidine rings is 1. The quantitative estimate of drug-likeness (QED) is 0.155. The molecule has 10 heteroatoms. The molecule has 2 aliphatic heterocycles. The molecule has 0 amide bonds. The smallest absolute Gasteiger partial charge is 0.336 e. The van der Waals surface area contributed by atoms with Crippen molar-refractivity contribution in [2.45, 2.75) is 44.4 Å². The van der Waals surface area contributed by atoms with Crippen molar-refractivity contribution >= 4 is 17.6 Å². The molecule has 3 aromatic rings. The zero-order chi connectivity index (χ0) is 32.0. The van der Waals surface area contributed by atoms with Gasteiger partial charge in [-0.25, -0.2) is 9.59 Å². The molecule has 0 radical (unpaired) electrons. The first-order valence-electron chi connectivity index (χ1n) is 15.3. The Balaban J connectivity index is 0.00000480. The maximum atomic E-state index is 13.6. The minimum atomic E-state index is -0.878. The maximum Gasteiger partial charge on any atom is 0.336 e. The van der Waals surface area contributed by atoms with Gasteiger partial charge in [-0.1, -0.05) is 72.8 Å². The van der Waals surface area contributed by atoms with Gasteiger partial charge < -0.3 is 32.1 Å². The van der Waals surface area contributed by atoms with Crippen molar-refractivity contribution in [1.29, 1.82) is 0 Å². The summed E-state index contributed by atoms with van der Waals surface area (Å²) in [5.74, 6) is -2.07. The number of nitro benzene ring substituents is 1. The van der Waals surface area contributed by atoms with E-state index in [4.69, 9.17) is 9.47 Å². The summed E-state index contributed by atoms with van der Waals surface area (Å²) in [7, 11) is 1.26. The third kappa shape index (κ3) is 7.16. The number of allylic oxidation sites excluding steroid dienone is 2. The molecule has 1 N–H and O–H groups in total. The first-order valence-corrected chi connectivity index (χ1v) is 15.3. The number of hydrogen-bond donors (Lipinski definition) is 1. The van der Waals surface area contributed by atoms with Crippen LogP contribution in [0.5, 0.6) is 0 Å². The molecule has 1 atom stereocenters. The Hall–Kier alpha value is -4.47. The average Bonchev–Trinajstić information content (AvgIpc) is 3.07. The number of methoxy groups -OCH3 is 1. The molecular weight excluding hydrogens is 606 g/mol. The topological polar surface area (TPSA) is 111 Å². The van der Waals surface area contributed by atoms with Gasteiger partial charge in [0.25, 0.3) is 5.69 Å². The van der Waals surface area contributed by atoms with Crippen LogP contribution in [-0.2, 0) is 24.5 Å². The average molecular weight is 645 g/mol. The van der Waals surface area contributed by atoms with Gasteiger partial charge in [0.05, 0.1) is 35.7 Å². The third-order valence-corrected chi connectivity index (χ3v) is 9.01. The summed E-state index contributed by atoms with van der Waals surface area (Å²) in [5.41, 5.74) is 4.42. The maximum absolute atomic E-state index is 13.6. The van der Waals surface area contributed by atoms with Crippen LogP contribution in [0.15, 0.2) is 107 Å². The van der Waals surface area contributed by atoms with Crippen molar-refractivity contribution in [2.24, 2.45) is 0 Å². The van der Waals surface area contributed by atoms with Gasteiger partial charge in [-0.05, 0) is 62.9 Å². The van der Waals surface area contributed by atoms with E-state index in [1.165, 1.54) is 30.4 Å². The van der Waals surface area contributed by atoms with Crippen molar-refractivity contribution in [3.05, 3.63) is 134 Å². The zero-order valence-electron chi connectivity index (χ0n) is 26.3. The molecule has 242 valence electrons. The van der Waals surface area contributed by atoms with E-state index in [2.05, 4.69) is 70.9 Å². The summed E-state index contributed by atoms with van der Waals surface area (Å²) in [5, 5.41) is 14.6. The lowest BCUT2D eigenvalue weighted by Crippen LogP contribution is -3.00. The van der Waals surface area contributed by atoms with Gasteiger partial charge in [0.1, 0.15) is 0 Å². The highest BCUT2D eigenvalue weighted by atomic mass is 35.5. The molecule has 5 rings (SSSR count). The number of esters is 2. The Morgan fingerprint density at radius 2 is 1.46 bits per heavy atom. The second-order valence-electron chi connectivity index (χ2n) is 11.6. The van der Waals surface area contributed by atoms with E-state index in [1.54, 1.807) is 26.0 Å². The molecule has 2 heterocycles. The predicted octanol–water partition coefficient (Wildman–Crippen LogP) is 3.02. The van der Waals surface area contributed by atoms with Gasteiger partial charge >= 0.3 is 11.9 Å². The van der Waals surface area contributed by atoms with Crippen LogP contribution in [0.3, 0.4) is 0 Å². The SMILES string of the molecule is COC(=O)C1=C(C)NC(C)=C(C(=O)OCCCN2CCC(c3ccccc3)(c3ccccc3)CC2)C1c1cccc([N+](=O)[O-])c1.[Cl-]. The van der Waals surface area contributed by atoms with Crippen molar-refractivity contribution in [3.63, 3.8) is 0 Å². The fourth-order valence-corrected chi connectivity index (χ4v) is 6.74. The number of carbonyl (C=O) groups excluding carboxylic acids is 2. The molecule has 1 fully saturated rings. The minimum Gasteiger partial charge on any atom is -1.00 e.